The Hall–Kier alpha value is -2.55. The number of carbonyl (C=O) groups excluding carboxylic acids is 1. The molecule has 1 amide bonds. The molecule has 0 aromatic heterocycles. The van der Waals surface area contributed by atoms with Gasteiger partial charge in [-0.1, -0.05) is 36.4 Å². The number of fused-ring (bicyclic) bond motifs is 1. The highest BCUT2D eigenvalue weighted by molar-refractivity contribution is 6.11. The Kier molecular flexibility index (Phi) is 3.03. The van der Waals surface area contributed by atoms with Crippen LogP contribution in [0.5, 0.6) is 0 Å². The van der Waals surface area contributed by atoms with E-state index in [9.17, 15) is 4.79 Å². The Labute approximate surface area is 118 Å². The maximum Gasteiger partial charge on any atom is 0.252 e. The van der Waals surface area contributed by atoms with Crippen LogP contribution in [0.15, 0.2) is 54.6 Å². The van der Waals surface area contributed by atoms with Crippen LogP contribution in [0.25, 0.3) is 5.70 Å². The first-order valence-electron chi connectivity index (χ1n) is 6.57. The lowest BCUT2D eigenvalue weighted by Gasteiger charge is -2.17. The Balaban J connectivity index is 2.10. The third-order valence-corrected chi connectivity index (χ3v) is 3.47. The van der Waals surface area contributed by atoms with Gasteiger partial charge in [0, 0.05) is 13.1 Å². The Bertz CT molecular complexity index is 689. The highest BCUT2D eigenvalue weighted by Gasteiger charge is 2.19. The Morgan fingerprint density at radius 2 is 1.80 bits per heavy atom. The number of hydrogen-bond acceptors (Lipinski definition) is 2. The molecule has 20 heavy (non-hydrogen) atoms. The predicted molar refractivity (Wildman–Crippen MR) is 82.6 cm³/mol. The average molecular weight is 264 g/mol. The summed E-state index contributed by atoms with van der Waals surface area (Å²) in [7, 11) is 1.80. The molecule has 0 aliphatic carbocycles. The quantitative estimate of drug-likeness (QED) is 0.856. The van der Waals surface area contributed by atoms with Crippen molar-refractivity contribution in [1.29, 1.82) is 0 Å². The summed E-state index contributed by atoms with van der Waals surface area (Å²) < 4.78 is 0. The number of hydrogen-bond donors (Lipinski definition) is 1. The minimum atomic E-state index is -0.0271. The molecule has 0 saturated carbocycles. The molecule has 100 valence electrons. The summed E-state index contributed by atoms with van der Waals surface area (Å²) in [5.41, 5.74) is 4.80. The van der Waals surface area contributed by atoms with Crippen LogP contribution in [-0.2, 0) is 4.79 Å². The maximum absolute atomic E-state index is 12.3. The fourth-order valence-electron chi connectivity index (χ4n) is 2.32. The fourth-order valence-corrected chi connectivity index (χ4v) is 2.32. The zero-order chi connectivity index (χ0) is 14.1. The highest BCUT2D eigenvalue weighted by Crippen LogP contribution is 2.32. The van der Waals surface area contributed by atoms with E-state index in [0.29, 0.717) is 0 Å². The highest BCUT2D eigenvalue weighted by atomic mass is 16.2. The summed E-state index contributed by atoms with van der Waals surface area (Å²) in [6.07, 6.45) is 1.64. The molecule has 3 nitrogen and oxygen atoms in total. The number of nitrogens with zero attached hydrogens (tertiary/aromatic N) is 1. The van der Waals surface area contributed by atoms with E-state index < -0.39 is 0 Å². The molecule has 1 N–H and O–H groups in total. The molecular formula is C17H16N2O. The van der Waals surface area contributed by atoms with E-state index >= 15 is 0 Å². The van der Waals surface area contributed by atoms with Crippen molar-refractivity contribution in [2.24, 2.45) is 0 Å². The van der Waals surface area contributed by atoms with Crippen molar-refractivity contribution in [3.05, 3.63) is 65.7 Å². The van der Waals surface area contributed by atoms with E-state index in [2.05, 4.69) is 5.32 Å². The minimum Gasteiger partial charge on any atom is -0.353 e. The second-order valence-corrected chi connectivity index (χ2v) is 4.97. The van der Waals surface area contributed by atoms with Crippen molar-refractivity contribution >= 4 is 23.0 Å². The van der Waals surface area contributed by atoms with Crippen LogP contribution in [0.3, 0.4) is 0 Å². The first-order chi connectivity index (χ1) is 9.65. The van der Waals surface area contributed by atoms with Crippen molar-refractivity contribution in [2.45, 2.75) is 6.92 Å². The van der Waals surface area contributed by atoms with Crippen molar-refractivity contribution in [1.82, 2.24) is 0 Å². The molecule has 3 heteroatoms. The lowest BCUT2D eigenvalue weighted by molar-refractivity contribution is -0.113. The van der Waals surface area contributed by atoms with E-state index in [1.807, 2.05) is 55.5 Å². The molecular weight excluding hydrogens is 248 g/mol. The molecule has 2 aromatic rings. The zero-order valence-electron chi connectivity index (χ0n) is 11.6. The fraction of sp³-hybridized carbons (Fsp3) is 0.118. The summed E-state index contributed by atoms with van der Waals surface area (Å²) >= 11 is 0. The van der Waals surface area contributed by atoms with Gasteiger partial charge in [-0.2, -0.15) is 0 Å². The third-order valence-electron chi connectivity index (χ3n) is 3.47. The van der Waals surface area contributed by atoms with Gasteiger partial charge in [0.2, 0.25) is 0 Å². The summed E-state index contributed by atoms with van der Waals surface area (Å²) in [6.45, 7) is 2.02. The number of anilines is 2. The largest absolute Gasteiger partial charge is 0.353 e. The third kappa shape index (κ3) is 2.18. The van der Waals surface area contributed by atoms with Gasteiger partial charge in [0.15, 0.2) is 0 Å². The van der Waals surface area contributed by atoms with Crippen molar-refractivity contribution < 1.29 is 4.79 Å². The van der Waals surface area contributed by atoms with Gasteiger partial charge in [0.25, 0.3) is 5.91 Å². The number of carbonyl (C=O) groups is 1. The van der Waals surface area contributed by atoms with Crippen molar-refractivity contribution in [3.8, 4) is 0 Å². The van der Waals surface area contributed by atoms with Crippen LogP contribution >= 0.6 is 0 Å². The van der Waals surface area contributed by atoms with E-state index in [-0.39, 0.29) is 5.91 Å². The van der Waals surface area contributed by atoms with E-state index in [0.717, 1.165) is 28.2 Å². The number of nitrogens with one attached hydrogen (secondary N) is 1. The van der Waals surface area contributed by atoms with Crippen LogP contribution < -0.4 is 10.2 Å². The molecule has 0 atom stereocenters. The molecule has 0 bridgehead atoms. The molecule has 2 aromatic carbocycles. The normalized spacial score (nSPS) is 14.2. The van der Waals surface area contributed by atoms with Crippen molar-refractivity contribution in [3.63, 3.8) is 0 Å². The van der Waals surface area contributed by atoms with Crippen molar-refractivity contribution in [2.75, 3.05) is 17.3 Å². The van der Waals surface area contributed by atoms with E-state index in [1.165, 1.54) is 0 Å². The lowest BCUT2D eigenvalue weighted by Crippen LogP contribution is -2.23. The number of likely N-dealkylation sites (N-methyl/N-ethyl adjacent to an activating group) is 1. The summed E-state index contributed by atoms with van der Waals surface area (Å²) in [4.78, 5) is 14.0. The SMILES string of the molecule is Cc1ccc2c(c1)N(C)C(=O)C=C(c1ccccc1)N2. The number of rotatable bonds is 1. The van der Waals surface area contributed by atoms with Gasteiger partial charge in [-0.25, -0.2) is 0 Å². The molecule has 1 aliphatic rings. The lowest BCUT2D eigenvalue weighted by atomic mass is 10.1. The van der Waals surface area contributed by atoms with Gasteiger partial charge in [-0.15, -0.1) is 0 Å². The monoisotopic (exact) mass is 264 g/mol. The summed E-state index contributed by atoms with van der Waals surface area (Å²) in [5.74, 6) is -0.0271. The molecule has 1 heterocycles. The number of aryl methyl sites for hydroxylation is 1. The van der Waals surface area contributed by atoms with Crippen LogP contribution in [0.4, 0.5) is 11.4 Å². The second-order valence-electron chi connectivity index (χ2n) is 4.97. The summed E-state index contributed by atoms with van der Waals surface area (Å²) in [6, 6.07) is 15.9. The standard InChI is InChI=1S/C17H16N2O/c1-12-8-9-14-16(10-12)19(2)17(20)11-15(18-14)13-6-4-3-5-7-13/h3-11,18H,1-2H3. The Morgan fingerprint density at radius 1 is 1.05 bits per heavy atom. The first-order valence-corrected chi connectivity index (χ1v) is 6.57. The second kappa shape index (κ2) is 4.85. The van der Waals surface area contributed by atoms with Gasteiger partial charge >= 0.3 is 0 Å². The zero-order valence-corrected chi connectivity index (χ0v) is 11.6. The molecule has 3 rings (SSSR count). The topological polar surface area (TPSA) is 32.3 Å². The molecule has 0 unspecified atom stereocenters. The van der Waals surface area contributed by atoms with Gasteiger partial charge < -0.3 is 10.2 Å². The van der Waals surface area contributed by atoms with Gasteiger partial charge in [0.05, 0.1) is 17.1 Å². The van der Waals surface area contributed by atoms with Crippen LogP contribution in [0.2, 0.25) is 0 Å². The minimum absolute atomic E-state index is 0.0271. The van der Waals surface area contributed by atoms with E-state index in [4.69, 9.17) is 0 Å². The molecule has 0 spiro atoms. The molecule has 0 radical (unpaired) electrons. The van der Waals surface area contributed by atoms with Crippen LogP contribution in [0, 0.1) is 6.92 Å². The molecule has 0 fully saturated rings. The smallest absolute Gasteiger partial charge is 0.252 e. The van der Waals surface area contributed by atoms with Gasteiger partial charge in [-0.05, 0) is 30.2 Å². The first kappa shape index (κ1) is 12.5. The number of amides is 1. The van der Waals surface area contributed by atoms with Crippen LogP contribution in [0.1, 0.15) is 11.1 Å². The average Bonchev–Trinajstić information content (AvgIpc) is 2.59. The predicted octanol–water partition coefficient (Wildman–Crippen LogP) is 3.42. The van der Waals surface area contributed by atoms with Gasteiger partial charge in [0.1, 0.15) is 0 Å². The van der Waals surface area contributed by atoms with E-state index in [1.54, 1.807) is 18.0 Å². The molecule has 1 aliphatic heterocycles. The summed E-state index contributed by atoms with van der Waals surface area (Å²) in [5, 5.41) is 3.36. The number of benzene rings is 2. The van der Waals surface area contributed by atoms with Crippen LogP contribution in [-0.4, -0.2) is 13.0 Å². The maximum atomic E-state index is 12.3. The van der Waals surface area contributed by atoms with Gasteiger partial charge in [-0.3, -0.25) is 4.79 Å². The molecule has 0 saturated heterocycles. The Morgan fingerprint density at radius 3 is 2.55 bits per heavy atom.